The first-order valence-electron chi connectivity index (χ1n) is 7.90. The molecule has 0 aromatic heterocycles. The van der Waals surface area contributed by atoms with Gasteiger partial charge in [-0.15, -0.1) is 0 Å². The van der Waals surface area contributed by atoms with Gasteiger partial charge in [0, 0.05) is 11.8 Å². The van der Waals surface area contributed by atoms with Gasteiger partial charge in [-0.05, 0) is 55.0 Å². The van der Waals surface area contributed by atoms with Crippen LogP contribution < -0.4 is 11.1 Å². The van der Waals surface area contributed by atoms with Crippen LogP contribution in [0.3, 0.4) is 0 Å². The smallest absolute Gasteiger partial charge is 0.282 e. The van der Waals surface area contributed by atoms with E-state index in [1.807, 2.05) is 18.2 Å². The monoisotopic (exact) mass is 325 g/mol. The average molecular weight is 325 g/mol. The van der Waals surface area contributed by atoms with Gasteiger partial charge in [0.2, 0.25) is 0 Å². The zero-order chi connectivity index (χ0) is 17.3. The zero-order valence-corrected chi connectivity index (χ0v) is 13.4. The maximum absolute atomic E-state index is 12.7. The number of nitrogen functional groups attached to an aromatic ring is 1. The van der Waals surface area contributed by atoms with Gasteiger partial charge in [0.25, 0.3) is 11.6 Å². The molecule has 1 aliphatic carbocycles. The number of hydrogen-bond donors (Lipinski definition) is 2. The van der Waals surface area contributed by atoms with Crippen molar-refractivity contribution in [1.29, 1.82) is 0 Å². The molecule has 1 aliphatic rings. The topological polar surface area (TPSA) is 98.3 Å². The van der Waals surface area contributed by atoms with Gasteiger partial charge in [-0.2, -0.15) is 0 Å². The Balaban J connectivity index is 1.91. The largest absolute Gasteiger partial charge is 0.399 e. The van der Waals surface area contributed by atoms with Crippen molar-refractivity contribution in [3.8, 4) is 0 Å². The van der Waals surface area contributed by atoms with Gasteiger partial charge in [0.15, 0.2) is 0 Å². The minimum Gasteiger partial charge on any atom is -0.399 e. The molecule has 3 rings (SSSR count). The Morgan fingerprint density at radius 3 is 2.88 bits per heavy atom. The van der Waals surface area contributed by atoms with Crippen molar-refractivity contribution < 1.29 is 9.72 Å². The first kappa shape index (κ1) is 16.0. The lowest BCUT2D eigenvalue weighted by Gasteiger charge is -2.27. The number of nitrogens with two attached hydrogens (primary N) is 1. The number of carbonyl (C=O) groups excluding carboxylic acids is 1. The Morgan fingerprint density at radius 2 is 2.12 bits per heavy atom. The number of anilines is 1. The number of nitrogens with zero attached hydrogens (tertiary/aromatic N) is 1. The van der Waals surface area contributed by atoms with Crippen LogP contribution in [0.1, 0.15) is 45.9 Å². The minimum atomic E-state index is -0.516. The van der Waals surface area contributed by atoms with Gasteiger partial charge < -0.3 is 11.1 Å². The van der Waals surface area contributed by atoms with Gasteiger partial charge in [0.1, 0.15) is 5.56 Å². The normalized spacial score (nSPS) is 16.3. The molecule has 0 aliphatic heterocycles. The van der Waals surface area contributed by atoms with Crippen LogP contribution >= 0.6 is 0 Å². The first-order valence-corrected chi connectivity index (χ1v) is 7.90. The molecule has 0 bridgehead atoms. The number of nitrogens with one attached hydrogen (secondary N) is 1. The highest BCUT2D eigenvalue weighted by atomic mass is 16.6. The van der Waals surface area contributed by atoms with Crippen LogP contribution in [-0.2, 0) is 6.42 Å². The molecule has 3 N–H and O–H groups in total. The fourth-order valence-electron chi connectivity index (χ4n) is 3.31. The Bertz CT molecular complexity index is 817. The van der Waals surface area contributed by atoms with Crippen molar-refractivity contribution in [2.24, 2.45) is 0 Å². The molecule has 124 valence electrons. The Labute approximate surface area is 139 Å². The van der Waals surface area contributed by atoms with E-state index in [1.165, 1.54) is 6.07 Å². The SMILES string of the molecule is Cc1cccc([N+](=O)[O-])c1C(=O)NC1CCCc2cc(N)ccc21. The van der Waals surface area contributed by atoms with Gasteiger partial charge in [-0.25, -0.2) is 0 Å². The van der Waals surface area contributed by atoms with Crippen molar-refractivity contribution >= 4 is 17.3 Å². The molecule has 2 aromatic carbocycles. The van der Waals surface area contributed by atoms with Crippen molar-refractivity contribution in [2.75, 3.05) is 5.73 Å². The van der Waals surface area contributed by atoms with E-state index in [0.29, 0.717) is 11.3 Å². The molecular formula is C18H19N3O3. The predicted octanol–water partition coefficient (Wildman–Crippen LogP) is 3.29. The fourth-order valence-corrected chi connectivity index (χ4v) is 3.31. The van der Waals surface area contributed by atoms with E-state index in [-0.39, 0.29) is 17.3 Å². The van der Waals surface area contributed by atoms with E-state index in [2.05, 4.69) is 5.32 Å². The van der Waals surface area contributed by atoms with E-state index < -0.39 is 10.8 Å². The number of benzene rings is 2. The molecule has 0 fully saturated rings. The van der Waals surface area contributed by atoms with Crippen molar-refractivity contribution in [3.63, 3.8) is 0 Å². The lowest BCUT2D eigenvalue weighted by Crippen LogP contribution is -2.32. The summed E-state index contributed by atoms with van der Waals surface area (Å²) < 4.78 is 0. The van der Waals surface area contributed by atoms with E-state index in [1.54, 1.807) is 19.1 Å². The fraction of sp³-hybridized carbons (Fsp3) is 0.278. The van der Waals surface area contributed by atoms with Crippen LogP contribution in [-0.4, -0.2) is 10.8 Å². The number of fused-ring (bicyclic) bond motifs is 1. The number of hydrogen-bond acceptors (Lipinski definition) is 4. The zero-order valence-electron chi connectivity index (χ0n) is 13.4. The number of nitro groups is 1. The van der Waals surface area contributed by atoms with E-state index in [4.69, 9.17) is 5.73 Å². The van der Waals surface area contributed by atoms with Crippen LogP contribution in [0.4, 0.5) is 11.4 Å². The molecule has 1 unspecified atom stereocenters. The van der Waals surface area contributed by atoms with Crippen molar-refractivity contribution in [2.45, 2.75) is 32.2 Å². The summed E-state index contributed by atoms with van der Waals surface area (Å²) in [4.78, 5) is 23.4. The highest BCUT2D eigenvalue weighted by molar-refractivity contribution is 5.99. The summed E-state index contributed by atoms with van der Waals surface area (Å²) in [5, 5.41) is 14.2. The summed E-state index contributed by atoms with van der Waals surface area (Å²) in [5.41, 5.74) is 9.26. The third kappa shape index (κ3) is 2.95. The maximum Gasteiger partial charge on any atom is 0.282 e. The number of aryl methyl sites for hydroxylation is 2. The number of nitro benzene ring substituents is 1. The summed E-state index contributed by atoms with van der Waals surface area (Å²) >= 11 is 0. The van der Waals surface area contributed by atoms with E-state index in [9.17, 15) is 14.9 Å². The lowest BCUT2D eigenvalue weighted by atomic mass is 9.87. The van der Waals surface area contributed by atoms with Crippen LogP contribution in [0.25, 0.3) is 0 Å². The third-order valence-electron chi connectivity index (χ3n) is 4.46. The predicted molar refractivity (Wildman–Crippen MR) is 91.8 cm³/mol. The Hall–Kier alpha value is -2.89. The molecule has 1 amide bonds. The number of amides is 1. The minimum absolute atomic E-state index is 0.130. The highest BCUT2D eigenvalue weighted by Gasteiger charge is 2.27. The molecule has 6 heteroatoms. The molecular weight excluding hydrogens is 306 g/mol. The maximum atomic E-state index is 12.7. The lowest BCUT2D eigenvalue weighted by molar-refractivity contribution is -0.385. The van der Waals surface area contributed by atoms with Crippen molar-refractivity contribution in [3.05, 3.63) is 68.8 Å². The second-order valence-electron chi connectivity index (χ2n) is 6.10. The molecule has 0 saturated carbocycles. The quantitative estimate of drug-likeness (QED) is 0.514. The summed E-state index contributed by atoms with van der Waals surface area (Å²) in [7, 11) is 0. The molecule has 2 aromatic rings. The number of carbonyl (C=O) groups is 1. The van der Waals surface area contributed by atoms with E-state index >= 15 is 0 Å². The first-order chi connectivity index (χ1) is 11.5. The average Bonchev–Trinajstić information content (AvgIpc) is 2.54. The molecule has 6 nitrogen and oxygen atoms in total. The van der Waals surface area contributed by atoms with Gasteiger partial charge in [-0.3, -0.25) is 14.9 Å². The molecule has 0 saturated heterocycles. The molecule has 0 heterocycles. The van der Waals surface area contributed by atoms with Gasteiger partial charge >= 0.3 is 0 Å². The van der Waals surface area contributed by atoms with Gasteiger partial charge in [0.05, 0.1) is 11.0 Å². The molecule has 1 atom stereocenters. The standard InChI is InChI=1S/C18H19N3O3/c1-11-4-2-7-16(21(23)24)17(11)18(22)20-15-6-3-5-12-10-13(19)8-9-14(12)15/h2,4,7-10,15H,3,5-6,19H2,1H3,(H,20,22). The summed E-state index contributed by atoms with van der Waals surface area (Å²) in [5.74, 6) is -0.408. The summed E-state index contributed by atoms with van der Waals surface area (Å²) in [6.07, 6.45) is 2.68. The van der Waals surface area contributed by atoms with Crippen LogP contribution in [0, 0.1) is 17.0 Å². The van der Waals surface area contributed by atoms with Crippen molar-refractivity contribution in [1.82, 2.24) is 5.32 Å². The molecule has 0 spiro atoms. The Morgan fingerprint density at radius 1 is 1.33 bits per heavy atom. The van der Waals surface area contributed by atoms with Gasteiger partial charge in [-0.1, -0.05) is 18.2 Å². The number of rotatable bonds is 3. The molecule has 24 heavy (non-hydrogen) atoms. The Kier molecular flexibility index (Phi) is 4.20. The van der Waals surface area contributed by atoms with Crippen LogP contribution in [0.5, 0.6) is 0 Å². The second kappa shape index (κ2) is 6.31. The van der Waals surface area contributed by atoms with Crippen LogP contribution in [0.15, 0.2) is 36.4 Å². The highest BCUT2D eigenvalue weighted by Crippen LogP contribution is 2.32. The second-order valence-corrected chi connectivity index (χ2v) is 6.10. The van der Waals surface area contributed by atoms with E-state index in [0.717, 1.165) is 30.4 Å². The van der Waals surface area contributed by atoms with Crippen LogP contribution in [0.2, 0.25) is 0 Å². The molecule has 0 radical (unpaired) electrons. The third-order valence-corrected chi connectivity index (χ3v) is 4.46. The summed E-state index contributed by atoms with van der Waals surface area (Å²) in [6, 6.07) is 10.2. The summed E-state index contributed by atoms with van der Waals surface area (Å²) in [6.45, 7) is 1.71.